The van der Waals surface area contributed by atoms with Crippen LogP contribution in [0.25, 0.3) is 0 Å². The molecule has 106 valence electrons. The van der Waals surface area contributed by atoms with Crippen LogP contribution in [0.5, 0.6) is 0 Å². The third-order valence-corrected chi connectivity index (χ3v) is 8.79. The van der Waals surface area contributed by atoms with Gasteiger partial charge in [0.15, 0.2) is 0 Å². The molecule has 0 unspecified atom stereocenters. The second kappa shape index (κ2) is 6.61. The van der Waals surface area contributed by atoms with E-state index < -0.39 is 7.14 Å². The minimum atomic E-state index is -2.28. The Morgan fingerprint density at radius 3 is 1.18 bits per heavy atom. The molecular formula is C19H17BNP. The van der Waals surface area contributed by atoms with Crippen LogP contribution in [0.15, 0.2) is 91.0 Å². The zero-order valence-corrected chi connectivity index (χ0v) is 13.3. The van der Waals surface area contributed by atoms with Crippen LogP contribution in [0, 0.1) is 11.2 Å². The predicted octanol–water partition coefficient (Wildman–Crippen LogP) is 2.55. The number of rotatable bonds is 4. The van der Waals surface area contributed by atoms with Gasteiger partial charge in [0.25, 0.3) is 0 Å². The maximum atomic E-state index is 9.57. The van der Waals surface area contributed by atoms with E-state index in [4.69, 9.17) is 0 Å². The van der Waals surface area contributed by atoms with Gasteiger partial charge in [-0.3, -0.25) is 0 Å². The molecule has 3 rings (SSSR count). The molecule has 0 aliphatic carbocycles. The van der Waals surface area contributed by atoms with Crippen LogP contribution in [0.4, 0.5) is 0 Å². The van der Waals surface area contributed by atoms with Crippen LogP contribution in [-0.2, 0) is 0 Å². The van der Waals surface area contributed by atoms with Gasteiger partial charge in [-0.25, -0.2) is 0 Å². The molecule has 1 nitrogen and oxygen atoms in total. The molecule has 0 heterocycles. The second-order valence-electron chi connectivity index (χ2n) is 5.34. The SMILES string of the molecule is N#CB[PH](c1ccccc1)(c1ccccc1)c1ccccc1. The molecule has 0 fully saturated rings. The fraction of sp³-hybridized carbons (Fsp3) is 0. The van der Waals surface area contributed by atoms with Gasteiger partial charge in [-0.1, -0.05) is 0 Å². The first-order valence-corrected chi connectivity index (χ1v) is 9.62. The summed E-state index contributed by atoms with van der Waals surface area (Å²) in [6, 6.07) is 31.5. The summed E-state index contributed by atoms with van der Waals surface area (Å²) < 4.78 is 0. The summed E-state index contributed by atoms with van der Waals surface area (Å²) >= 11 is 0. The Kier molecular flexibility index (Phi) is 4.38. The first-order chi connectivity index (χ1) is 10.9. The van der Waals surface area contributed by atoms with Crippen molar-refractivity contribution in [3.8, 4) is 5.97 Å². The summed E-state index contributed by atoms with van der Waals surface area (Å²) in [6.07, 6.45) is 0. The molecule has 0 aromatic heterocycles. The van der Waals surface area contributed by atoms with E-state index in [-0.39, 0.29) is 0 Å². The van der Waals surface area contributed by atoms with Gasteiger partial charge in [0.1, 0.15) is 0 Å². The van der Waals surface area contributed by atoms with E-state index in [1.165, 1.54) is 15.9 Å². The van der Waals surface area contributed by atoms with Crippen molar-refractivity contribution in [2.45, 2.75) is 0 Å². The number of hydrogen-bond donors (Lipinski definition) is 0. The van der Waals surface area contributed by atoms with E-state index in [1.54, 1.807) is 0 Å². The van der Waals surface area contributed by atoms with E-state index in [0.29, 0.717) is 7.00 Å². The van der Waals surface area contributed by atoms with Crippen molar-refractivity contribution in [2.75, 3.05) is 0 Å². The van der Waals surface area contributed by atoms with Crippen LogP contribution in [-0.4, -0.2) is 7.00 Å². The van der Waals surface area contributed by atoms with Crippen molar-refractivity contribution in [1.82, 2.24) is 0 Å². The molecule has 0 amide bonds. The molecule has 0 spiro atoms. The van der Waals surface area contributed by atoms with Crippen molar-refractivity contribution in [3.63, 3.8) is 0 Å². The minimum absolute atomic E-state index is 0.547. The topological polar surface area (TPSA) is 23.8 Å². The zero-order valence-electron chi connectivity index (χ0n) is 12.3. The first kappa shape index (κ1) is 14.6. The summed E-state index contributed by atoms with van der Waals surface area (Å²) in [4.78, 5) is 0. The Bertz CT molecular complexity index is 670. The van der Waals surface area contributed by atoms with Gasteiger partial charge in [-0.05, 0) is 0 Å². The van der Waals surface area contributed by atoms with Gasteiger partial charge in [-0.15, -0.1) is 0 Å². The van der Waals surface area contributed by atoms with Gasteiger partial charge in [-0.2, -0.15) is 0 Å². The van der Waals surface area contributed by atoms with Crippen LogP contribution in [0.2, 0.25) is 0 Å². The Labute approximate surface area is 132 Å². The quantitative estimate of drug-likeness (QED) is 0.537. The van der Waals surface area contributed by atoms with Crippen LogP contribution >= 0.6 is 7.14 Å². The molecule has 0 aliphatic rings. The van der Waals surface area contributed by atoms with Crippen molar-refractivity contribution >= 4 is 30.1 Å². The van der Waals surface area contributed by atoms with E-state index in [9.17, 15) is 5.26 Å². The van der Waals surface area contributed by atoms with E-state index in [2.05, 4.69) is 78.8 Å². The molecule has 0 N–H and O–H groups in total. The number of nitriles is 1. The molecule has 0 bridgehead atoms. The second-order valence-corrected chi connectivity index (χ2v) is 9.23. The zero-order chi connectivity index (χ0) is 15.3. The fourth-order valence-electron chi connectivity index (χ4n) is 3.09. The van der Waals surface area contributed by atoms with Crippen molar-refractivity contribution in [3.05, 3.63) is 91.0 Å². The third-order valence-electron chi connectivity index (χ3n) is 4.14. The van der Waals surface area contributed by atoms with Crippen molar-refractivity contribution in [1.29, 1.82) is 5.26 Å². The molecule has 0 saturated heterocycles. The molecule has 0 radical (unpaired) electrons. The number of hydrogen-bond acceptors (Lipinski definition) is 1. The maximum absolute atomic E-state index is 9.57. The van der Waals surface area contributed by atoms with Crippen molar-refractivity contribution < 1.29 is 0 Å². The molecule has 0 atom stereocenters. The van der Waals surface area contributed by atoms with E-state index in [0.717, 1.165) is 0 Å². The first-order valence-electron chi connectivity index (χ1n) is 7.41. The molecule has 22 heavy (non-hydrogen) atoms. The predicted molar refractivity (Wildman–Crippen MR) is 99.3 cm³/mol. The molecule has 3 heteroatoms. The normalized spacial score (nSPS) is 11.4. The van der Waals surface area contributed by atoms with Crippen LogP contribution < -0.4 is 15.9 Å². The summed E-state index contributed by atoms with van der Waals surface area (Å²) in [5.74, 6) is 2.47. The van der Waals surface area contributed by atoms with Gasteiger partial charge in [0, 0.05) is 0 Å². The average Bonchev–Trinajstić information content (AvgIpc) is 2.62. The van der Waals surface area contributed by atoms with Gasteiger partial charge >= 0.3 is 132 Å². The van der Waals surface area contributed by atoms with Gasteiger partial charge in [0.2, 0.25) is 0 Å². The van der Waals surface area contributed by atoms with Crippen molar-refractivity contribution in [2.24, 2.45) is 0 Å². The summed E-state index contributed by atoms with van der Waals surface area (Å²) in [5, 5.41) is 13.4. The van der Waals surface area contributed by atoms with E-state index in [1.807, 2.05) is 18.2 Å². The van der Waals surface area contributed by atoms with Crippen LogP contribution in [0.3, 0.4) is 0 Å². The average molecular weight is 301 g/mol. The van der Waals surface area contributed by atoms with Gasteiger partial charge < -0.3 is 0 Å². The van der Waals surface area contributed by atoms with Gasteiger partial charge in [0.05, 0.1) is 0 Å². The third kappa shape index (κ3) is 2.57. The fourth-order valence-corrected chi connectivity index (χ4v) is 7.23. The Hall–Kier alpha value is -2.36. The summed E-state index contributed by atoms with van der Waals surface area (Å²) in [5.41, 5.74) is 0. The van der Waals surface area contributed by atoms with Crippen LogP contribution in [0.1, 0.15) is 0 Å². The molecule has 3 aromatic carbocycles. The summed E-state index contributed by atoms with van der Waals surface area (Å²) in [7, 11) is -2.28. The molecule has 0 saturated carbocycles. The molecule has 3 aromatic rings. The number of nitrogens with zero attached hydrogens (tertiary/aromatic N) is 1. The number of benzene rings is 3. The van der Waals surface area contributed by atoms with E-state index >= 15 is 0 Å². The Balaban J connectivity index is 2.32. The summed E-state index contributed by atoms with van der Waals surface area (Å²) in [6.45, 7) is 0.547. The standard InChI is InChI=1S/C19H17BNP/c21-16-20-22(17-10-4-1-5-11-17,18-12-6-2-7-13-18)19-14-8-3-9-15-19/h1-15,20,22H. The molecular weight excluding hydrogens is 284 g/mol. The Morgan fingerprint density at radius 1 is 0.591 bits per heavy atom. The molecule has 0 aliphatic heterocycles. The monoisotopic (exact) mass is 301 g/mol. The Morgan fingerprint density at radius 2 is 0.909 bits per heavy atom.